The Kier molecular flexibility index (Phi) is 3.95. The highest BCUT2D eigenvalue weighted by Gasteiger charge is 2.29. The minimum atomic E-state index is -3.68. The largest absolute Gasteiger partial charge is 0.454 e. The van der Waals surface area contributed by atoms with Crippen LogP contribution in [0.2, 0.25) is 0 Å². The molecule has 0 bridgehead atoms. The Hall–Kier alpha value is -2.42. The van der Waals surface area contributed by atoms with Gasteiger partial charge in [-0.15, -0.1) is 0 Å². The number of rotatable bonds is 2. The van der Waals surface area contributed by atoms with Gasteiger partial charge < -0.3 is 14.8 Å². The number of carbonyl (C=O) groups excluding carboxylic acids is 1. The summed E-state index contributed by atoms with van der Waals surface area (Å²) in [6, 6.07) is 11.4. The van der Waals surface area contributed by atoms with Crippen molar-refractivity contribution < 1.29 is 22.7 Å². The molecule has 1 amide bonds. The van der Waals surface area contributed by atoms with Crippen LogP contribution in [0.1, 0.15) is 10.4 Å². The average Bonchev–Trinajstić information content (AvgIpc) is 2.78. The Balaban J connectivity index is 1.73. The molecule has 1 saturated heterocycles. The summed E-state index contributed by atoms with van der Waals surface area (Å²) in [5, 5.41) is 2.74. The molecule has 0 aromatic heterocycles. The summed E-state index contributed by atoms with van der Waals surface area (Å²) in [5.74, 6) is 0.431. The second-order valence-corrected chi connectivity index (χ2v) is 7.66. The number of nitrogens with zero attached hydrogens (tertiary/aromatic N) is 1. The van der Waals surface area contributed by atoms with Gasteiger partial charge in [0.15, 0.2) is 5.75 Å². The van der Waals surface area contributed by atoms with E-state index in [0.29, 0.717) is 43.5 Å². The maximum atomic E-state index is 12.8. The number of para-hydroxylation sites is 2. The molecule has 2 aliphatic heterocycles. The molecule has 2 aliphatic rings. The fourth-order valence-electron chi connectivity index (χ4n) is 2.84. The molecular formula is C17H16N2O5S. The van der Waals surface area contributed by atoms with E-state index >= 15 is 0 Å². The standard InChI is InChI=1S/C17H16N2O5S/c20-17-13-11-12(25(21,22)19-7-9-23-10-8-19)5-6-15(13)24-16-4-2-1-3-14(16)18-17/h1-6,11H,7-10H2,(H,18,20). The van der Waals surface area contributed by atoms with E-state index in [2.05, 4.69) is 5.32 Å². The van der Waals surface area contributed by atoms with Gasteiger partial charge in [-0.1, -0.05) is 12.1 Å². The third kappa shape index (κ3) is 2.88. The molecule has 4 rings (SSSR count). The molecule has 0 atom stereocenters. The van der Waals surface area contributed by atoms with Crippen LogP contribution < -0.4 is 10.1 Å². The van der Waals surface area contributed by atoms with E-state index in [9.17, 15) is 13.2 Å². The maximum Gasteiger partial charge on any atom is 0.259 e. The lowest BCUT2D eigenvalue weighted by molar-refractivity contribution is 0.0730. The molecule has 7 nitrogen and oxygen atoms in total. The van der Waals surface area contributed by atoms with Crippen molar-refractivity contribution in [3.05, 3.63) is 48.0 Å². The molecular weight excluding hydrogens is 344 g/mol. The van der Waals surface area contributed by atoms with Gasteiger partial charge in [0, 0.05) is 13.1 Å². The number of sulfonamides is 1. The van der Waals surface area contributed by atoms with Crippen molar-refractivity contribution in [3.63, 3.8) is 0 Å². The van der Waals surface area contributed by atoms with Crippen LogP contribution in [0.25, 0.3) is 0 Å². The Morgan fingerprint density at radius 3 is 2.56 bits per heavy atom. The summed E-state index contributed by atoms with van der Waals surface area (Å²) in [6.45, 7) is 1.33. The average molecular weight is 360 g/mol. The van der Waals surface area contributed by atoms with E-state index in [1.165, 1.54) is 22.5 Å². The van der Waals surface area contributed by atoms with E-state index < -0.39 is 15.9 Å². The Morgan fingerprint density at radius 1 is 1.00 bits per heavy atom. The van der Waals surface area contributed by atoms with Crippen LogP contribution in [-0.4, -0.2) is 44.9 Å². The van der Waals surface area contributed by atoms with Gasteiger partial charge in [-0.05, 0) is 30.3 Å². The van der Waals surface area contributed by atoms with Crippen molar-refractivity contribution in [1.29, 1.82) is 0 Å². The monoisotopic (exact) mass is 360 g/mol. The SMILES string of the molecule is O=C1Nc2ccccc2Oc2ccc(S(=O)(=O)N3CCOCC3)cc21. The molecule has 2 aromatic rings. The van der Waals surface area contributed by atoms with Crippen LogP contribution >= 0.6 is 0 Å². The van der Waals surface area contributed by atoms with Crippen LogP contribution in [0.15, 0.2) is 47.4 Å². The van der Waals surface area contributed by atoms with Gasteiger partial charge in [0.1, 0.15) is 5.75 Å². The highest BCUT2D eigenvalue weighted by Crippen LogP contribution is 2.36. The van der Waals surface area contributed by atoms with Crippen molar-refractivity contribution in [2.24, 2.45) is 0 Å². The zero-order valence-electron chi connectivity index (χ0n) is 13.3. The van der Waals surface area contributed by atoms with E-state index in [1.807, 2.05) is 0 Å². The zero-order chi connectivity index (χ0) is 17.4. The second-order valence-electron chi connectivity index (χ2n) is 5.73. The number of hydrogen-bond acceptors (Lipinski definition) is 5. The first-order valence-electron chi connectivity index (χ1n) is 7.86. The topological polar surface area (TPSA) is 84.9 Å². The van der Waals surface area contributed by atoms with Crippen LogP contribution in [0.4, 0.5) is 5.69 Å². The first kappa shape index (κ1) is 16.1. The third-order valence-electron chi connectivity index (χ3n) is 4.16. The number of morpholine rings is 1. The zero-order valence-corrected chi connectivity index (χ0v) is 14.1. The number of nitrogens with one attached hydrogen (secondary N) is 1. The summed E-state index contributed by atoms with van der Waals surface area (Å²) in [7, 11) is -3.68. The van der Waals surface area contributed by atoms with Gasteiger partial charge in [0.05, 0.1) is 29.4 Å². The van der Waals surface area contributed by atoms with Gasteiger partial charge in [-0.2, -0.15) is 4.31 Å². The van der Waals surface area contributed by atoms with Crippen molar-refractivity contribution in [1.82, 2.24) is 4.31 Å². The Morgan fingerprint density at radius 2 is 1.76 bits per heavy atom. The quantitative estimate of drug-likeness (QED) is 0.886. The van der Waals surface area contributed by atoms with E-state index in [-0.39, 0.29) is 10.5 Å². The maximum absolute atomic E-state index is 12.8. The molecule has 2 heterocycles. The number of hydrogen-bond donors (Lipinski definition) is 1. The summed E-state index contributed by atoms with van der Waals surface area (Å²) in [6.07, 6.45) is 0. The molecule has 1 fully saturated rings. The fourth-order valence-corrected chi connectivity index (χ4v) is 4.27. The van der Waals surface area contributed by atoms with Gasteiger partial charge in [-0.3, -0.25) is 4.79 Å². The number of amides is 1. The van der Waals surface area contributed by atoms with Crippen LogP contribution in [-0.2, 0) is 14.8 Å². The second kappa shape index (κ2) is 6.14. The van der Waals surface area contributed by atoms with Crippen LogP contribution in [0, 0.1) is 0 Å². The molecule has 0 spiro atoms. The highest BCUT2D eigenvalue weighted by molar-refractivity contribution is 7.89. The molecule has 8 heteroatoms. The lowest BCUT2D eigenvalue weighted by Gasteiger charge is -2.26. The molecule has 0 aliphatic carbocycles. The summed E-state index contributed by atoms with van der Waals surface area (Å²) < 4.78 is 37.9. The predicted molar refractivity (Wildman–Crippen MR) is 90.5 cm³/mol. The Labute approximate surface area is 145 Å². The summed E-state index contributed by atoms with van der Waals surface area (Å²) in [5.41, 5.74) is 0.729. The summed E-state index contributed by atoms with van der Waals surface area (Å²) >= 11 is 0. The summed E-state index contributed by atoms with van der Waals surface area (Å²) in [4.78, 5) is 12.6. The third-order valence-corrected chi connectivity index (χ3v) is 6.05. The van der Waals surface area contributed by atoms with Gasteiger partial charge in [-0.25, -0.2) is 8.42 Å². The number of ether oxygens (including phenoxy) is 2. The number of carbonyl (C=O) groups is 1. The number of benzene rings is 2. The first-order chi connectivity index (χ1) is 12.1. The minimum Gasteiger partial charge on any atom is -0.454 e. The Bertz CT molecular complexity index is 936. The molecule has 0 saturated carbocycles. The van der Waals surface area contributed by atoms with Crippen molar-refractivity contribution in [2.75, 3.05) is 31.6 Å². The molecule has 130 valence electrons. The van der Waals surface area contributed by atoms with E-state index in [1.54, 1.807) is 24.3 Å². The molecule has 0 radical (unpaired) electrons. The highest BCUT2D eigenvalue weighted by atomic mass is 32.2. The van der Waals surface area contributed by atoms with Crippen LogP contribution in [0.5, 0.6) is 11.5 Å². The van der Waals surface area contributed by atoms with Crippen molar-refractivity contribution in [2.45, 2.75) is 4.90 Å². The van der Waals surface area contributed by atoms with Crippen molar-refractivity contribution in [3.8, 4) is 11.5 Å². The van der Waals surface area contributed by atoms with Crippen LogP contribution in [0.3, 0.4) is 0 Å². The molecule has 25 heavy (non-hydrogen) atoms. The minimum absolute atomic E-state index is 0.0675. The lowest BCUT2D eigenvalue weighted by atomic mass is 10.2. The van der Waals surface area contributed by atoms with Gasteiger partial charge >= 0.3 is 0 Å². The van der Waals surface area contributed by atoms with E-state index in [0.717, 1.165) is 0 Å². The van der Waals surface area contributed by atoms with Gasteiger partial charge in [0.25, 0.3) is 5.91 Å². The number of fused-ring (bicyclic) bond motifs is 2. The number of anilines is 1. The smallest absolute Gasteiger partial charge is 0.259 e. The normalized spacial score (nSPS) is 17.7. The lowest BCUT2D eigenvalue weighted by Crippen LogP contribution is -2.40. The molecule has 0 unspecified atom stereocenters. The molecule has 1 N–H and O–H groups in total. The van der Waals surface area contributed by atoms with E-state index in [4.69, 9.17) is 9.47 Å². The first-order valence-corrected chi connectivity index (χ1v) is 9.30. The fraction of sp³-hybridized carbons (Fsp3) is 0.235. The predicted octanol–water partition coefficient (Wildman–Crippen LogP) is 2.07. The molecule has 2 aromatic carbocycles. The van der Waals surface area contributed by atoms with Gasteiger partial charge in [0.2, 0.25) is 10.0 Å². The van der Waals surface area contributed by atoms with Crippen molar-refractivity contribution >= 4 is 21.6 Å².